The molecular formula is C26H24F4N2O3. The number of ketones is 1. The SMILES string of the molecule is CC1(C)CC(=O)C2=C(C1)N(CCc1ccccc1)C(=O)[C@@]2(NC(=O)c1ccccc1F)C(F)(F)F. The van der Waals surface area contributed by atoms with E-state index in [0.717, 1.165) is 22.6 Å². The van der Waals surface area contributed by atoms with Gasteiger partial charge in [0.15, 0.2) is 5.78 Å². The summed E-state index contributed by atoms with van der Waals surface area (Å²) >= 11 is 0. The number of allylic oxidation sites excluding steroid dienone is 1. The molecular weight excluding hydrogens is 464 g/mol. The van der Waals surface area contributed by atoms with Gasteiger partial charge >= 0.3 is 6.18 Å². The number of Topliss-reactive ketones (excluding diaryl/α,β-unsaturated/α-hetero) is 1. The number of carbonyl (C=O) groups is 3. The summed E-state index contributed by atoms with van der Waals surface area (Å²) in [6, 6.07) is 13.4. The van der Waals surface area contributed by atoms with Crippen LogP contribution in [0.3, 0.4) is 0 Å². The molecule has 1 aliphatic carbocycles. The van der Waals surface area contributed by atoms with E-state index in [0.29, 0.717) is 0 Å². The molecule has 0 unspecified atom stereocenters. The van der Waals surface area contributed by atoms with Crippen LogP contribution in [-0.2, 0) is 16.0 Å². The monoisotopic (exact) mass is 488 g/mol. The molecule has 0 spiro atoms. The van der Waals surface area contributed by atoms with Gasteiger partial charge in [-0.15, -0.1) is 0 Å². The van der Waals surface area contributed by atoms with E-state index in [2.05, 4.69) is 0 Å². The first kappa shape index (κ1) is 24.6. The van der Waals surface area contributed by atoms with E-state index in [4.69, 9.17) is 0 Å². The van der Waals surface area contributed by atoms with Gasteiger partial charge in [0, 0.05) is 18.7 Å². The minimum absolute atomic E-state index is 0.0432. The molecule has 1 N–H and O–H groups in total. The molecule has 2 aliphatic rings. The summed E-state index contributed by atoms with van der Waals surface area (Å²) in [6.07, 6.45) is -5.28. The van der Waals surface area contributed by atoms with E-state index in [-0.39, 0.29) is 31.5 Å². The Morgan fingerprint density at radius 1 is 1.00 bits per heavy atom. The Balaban J connectivity index is 1.82. The zero-order valence-electron chi connectivity index (χ0n) is 19.2. The van der Waals surface area contributed by atoms with Crippen molar-refractivity contribution < 1.29 is 31.9 Å². The van der Waals surface area contributed by atoms with E-state index in [9.17, 15) is 31.9 Å². The molecule has 2 amide bonds. The molecule has 1 heterocycles. The van der Waals surface area contributed by atoms with E-state index >= 15 is 0 Å². The van der Waals surface area contributed by atoms with E-state index in [1.807, 2.05) is 0 Å². The zero-order valence-corrected chi connectivity index (χ0v) is 19.2. The van der Waals surface area contributed by atoms with Gasteiger partial charge in [-0.2, -0.15) is 13.2 Å². The van der Waals surface area contributed by atoms with Crippen molar-refractivity contribution in [3.05, 3.63) is 82.8 Å². The van der Waals surface area contributed by atoms with Crippen molar-refractivity contribution in [3.8, 4) is 0 Å². The predicted molar refractivity (Wildman–Crippen MR) is 120 cm³/mol. The summed E-state index contributed by atoms with van der Waals surface area (Å²) in [6.45, 7) is 3.36. The lowest BCUT2D eigenvalue weighted by atomic mass is 9.72. The summed E-state index contributed by atoms with van der Waals surface area (Å²) in [4.78, 5) is 40.5. The summed E-state index contributed by atoms with van der Waals surface area (Å²) in [7, 11) is 0. The lowest BCUT2D eigenvalue weighted by Gasteiger charge is -2.35. The zero-order chi connectivity index (χ0) is 25.6. The highest BCUT2D eigenvalue weighted by Gasteiger charge is 2.71. The summed E-state index contributed by atoms with van der Waals surface area (Å²) in [5, 5.41) is 1.75. The second kappa shape index (κ2) is 8.62. The molecule has 0 saturated carbocycles. The average molecular weight is 488 g/mol. The van der Waals surface area contributed by atoms with Crippen LogP contribution in [0.1, 0.15) is 42.6 Å². The fourth-order valence-corrected chi connectivity index (χ4v) is 4.83. The third kappa shape index (κ3) is 4.24. The first-order valence-corrected chi connectivity index (χ1v) is 11.1. The van der Waals surface area contributed by atoms with Crippen LogP contribution < -0.4 is 5.32 Å². The van der Waals surface area contributed by atoms with Crippen molar-refractivity contribution in [1.29, 1.82) is 0 Å². The van der Waals surface area contributed by atoms with Crippen molar-refractivity contribution in [3.63, 3.8) is 0 Å². The van der Waals surface area contributed by atoms with Gasteiger partial charge in [0.2, 0.25) is 5.54 Å². The van der Waals surface area contributed by atoms with Gasteiger partial charge in [-0.25, -0.2) is 4.39 Å². The van der Waals surface area contributed by atoms with Gasteiger partial charge < -0.3 is 10.2 Å². The molecule has 0 radical (unpaired) electrons. The molecule has 2 aromatic rings. The topological polar surface area (TPSA) is 66.5 Å². The maximum absolute atomic E-state index is 14.8. The van der Waals surface area contributed by atoms with Crippen LogP contribution in [0.2, 0.25) is 0 Å². The third-order valence-corrected chi connectivity index (χ3v) is 6.43. The molecule has 0 aromatic heterocycles. The van der Waals surface area contributed by atoms with Gasteiger partial charge in [0.1, 0.15) is 5.82 Å². The number of halogens is 4. The van der Waals surface area contributed by atoms with Gasteiger partial charge in [-0.1, -0.05) is 56.3 Å². The normalized spacial score (nSPS) is 21.8. The molecule has 5 nitrogen and oxygen atoms in total. The minimum Gasteiger partial charge on any atom is -0.326 e. The van der Waals surface area contributed by atoms with Crippen LogP contribution in [0.25, 0.3) is 0 Å². The number of hydrogen-bond acceptors (Lipinski definition) is 3. The Bertz CT molecular complexity index is 1220. The number of amides is 2. The maximum atomic E-state index is 14.8. The molecule has 0 saturated heterocycles. The summed E-state index contributed by atoms with van der Waals surface area (Å²) in [5.74, 6) is -4.79. The smallest absolute Gasteiger partial charge is 0.326 e. The molecule has 9 heteroatoms. The highest BCUT2D eigenvalue weighted by molar-refractivity contribution is 6.14. The van der Waals surface area contributed by atoms with E-state index < -0.39 is 51.7 Å². The fraction of sp³-hybridized carbons (Fsp3) is 0.346. The average Bonchev–Trinajstić information content (AvgIpc) is 3.00. The fourth-order valence-electron chi connectivity index (χ4n) is 4.83. The van der Waals surface area contributed by atoms with Crippen molar-refractivity contribution in [2.45, 2.75) is 44.8 Å². The van der Waals surface area contributed by atoms with Crippen molar-refractivity contribution in [1.82, 2.24) is 10.2 Å². The number of nitrogens with one attached hydrogen (secondary N) is 1. The number of carbonyl (C=O) groups excluding carboxylic acids is 3. The first-order chi connectivity index (χ1) is 16.4. The van der Waals surface area contributed by atoms with Crippen LogP contribution in [0.5, 0.6) is 0 Å². The lowest BCUT2D eigenvalue weighted by molar-refractivity contribution is -0.190. The molecule has 0 fully saturated rings. The number of alkyl halides is 3. The quantitative estimate of drug-likeness (QED) is 0.627. The van der Waals surface area contributed by atoms with Crippen LogP contribution in [0, 0.1) is 11.2 Å². The molecule has 0 bridgehead atoms. The number of nitrogens with zero attached hydrogens (tertiary/aromatic N) is 1. The molecule has 184 valence electrons. The predicted octanol–water partition coefficient (Wildman–Crippen LogP) is 4.58. The Labute approximate surface area is 199 Å². The Morgan fingerprint density at radius 2 is 1.63 bits per heavy atom. The third-order valence-electron chi connectivity index (χ3n) is 6.43. The van der Waals surface area contributed by atoms with Crippen molar-refractivity contribution in [2.24, 2.45) is 5.41 Å². The van der Waals surface area contributed by atoms with Gasteiger partial charge in [-0.05, 0) is 36.0 Å². The van der Waals surface area contributed by atoms with Gasteiger partial charge in [0.05, 0.1) is 11.1 Å². The Morgan fingerprint density at radius 3 is 2.26 bits per heavy atom. The maximum Gasteiger partial charge on any atom is 0.425 e. The van der Waals surface area contributed by atoms with Crippen LogP contribution in [0.4, 0.5) is 17.6 Å². The largest absolute Gasteiger partial charge is 0.425 e. The Hall–Kier alpha value is -3.49. The second-order valence-corrected chi connectivity index (χ2v) is 9.64. The molecule has 4 rings (SSSR count). The highest BCUT2D eigenvalue weighted by Crippen LogP contribution is 2.51. The summed E-state index contributed by atoms with van der Waals surface area (Å²) < 4.78 is 58.5. The van der Waals surface area contributed by atoms with Gasteiger partial charge in [-0.3, -0.25) is 14.4 Å². The van der Waals surface area contributed by atoms with Gasteiger partial charge in [0.25, 0.3) is 11.8 Å². The Kier molecular flexibility index (Phi) is 6.07. The van der Waals surface area contributed by atoms with Crippen LogP contribution >= 0.6 is 0 Å². The van der Waals surface area contributed by atoms with Crippen molar-refractivity contribution >= 4 is 17.6 Å². The van der Waals surface area contributed by atoms with Crippen LogP contribution in [0.15, 0.2) is 65.9 Å². The molecule has 1 aliphatic heterocycles. The minimum atomic E-state index is -5.34. The molecule has 2 aromatic carbocycles. The summed E-state index contributed by atoms with van der Waals surface area (Å²) in [5.41, 5.74) is -4.95. The van der Waals surface area contributed by atoms with E-state index in [1.165, 1.54) is 12.1 Å². The standard InChI is InChI=1S/C26H24F4N2O3/c1-24(2)14-19-21(20(33)15-24)25(26(28,29)30,31-22(34)17-10-6-7-11-18(17)27)23(35)32(19)13-12-16-8-4-3-5-9-16/h3-11H,12-15H2,1-2H3,(H,31,34)/t25-/m1/s1. The van der Waals surface area contributed by atoms with Crippen molar-refractivity contribution in [2.75, 3.05) is 6.54 Å². The highest BCUT2D eigenvalue weighted by atomic mass is 19.4. The first-order valence-electron chi connectivity index (χ1n) is 11.1. The molecule has 35 heavy (non-hydrogen) atoms. The molecule has 1 atom stereocenters. The van der Waals surface area contributed by atoms with E-state index in [1.54, 1.807) is 49.5 Å². The number of benzene rings is 2. The second-order valence-electron chi connectivity index (χ2n) is 9.64. The lowest BCUT2D eigenvalue weighted by Crippen LogP contribution is -2.66. The number of rotatable bonds is 5. The van der Waals surface area contributed by atoms with Crippen LogP contribution in [-0.4, -0.2) is 40.8 Å². The number of hydrogen-bond donors (Lipinski definition) is 1.